The van der Waals surface area contributed by atoms with Crippen molar-refractivity contribution in [3.8, 4) is 11.5 Å². The van der Waals surface area contributed by atoms with Gasteiger partial charge in [0.25, 0.3) is 26.0 Å². The summed E-state index contributed by atoms with van der Waals surface area (Å²) < 4.78 is 72.0. The van der Waals surface area contributed by atoms with E-state index in [1.165, 1.54) is 54.6 Å². The first kappa shape index (κ1) is 29.3. The summed E-state index contributed by atoms with van der Waals surface area (Å²) in [5.74, 6) is -0.993. The third-order valence-electron chi connectivity index (χ3n) is 4.91. The highest BCUT2D eigenvalue weighted by Crippen LogP contribution is 2.26. The Hall–Kier alpha value is -4.30. The molecule has 3 aromatic carbocycles. The van der Waals surface area contributed by atoms with Crippen LogP contribution in [0.25, 0.3) is 0 Å². The first-order valence-electron chi connectivity index (χ1n) is 11.6. The van der Waals surface area contributed by atoms with Gasteiger partial charge in [-0.1, -0.05) is 0 Å². The number of carbonyl (C=O) groups excluding carboxylic acids is 2. The number of ether oxygens (including phenoxy) is 3. The summed E-state index contributed by atoms with van der Waals surface area (Å²) in [4.78, 5) is 23.3. The average Bonchev–Trinajstić information content (AvgIpc) is 2.87. The molecular formula is C25H27N3O9S2. The fraction of sp³-hybridized carbons (Fsp3) is 0.200. The Labute approximate surface area is 226 Å². The minimum Gasteiger partial charge on any atom is -0.494 e. The summed E-state index contributed by atoms with van der Waals surface area (Å²) in [6.07, 6.45) is 0. The maximum Gasteiger partial charge on any atom is 0.338 e. The van der Waals surface area contributed by atoms with Gasteiger partial charge in [0.15, 0.2) is 6.61 Å². The Morgan fingerprint density at radius 2 is 1.13 bits per heavy atom. The summed E-state index contributed by atoms with van der Waals surface area (Å²) in [6.45, 7) is 3.65. The fourth-order valence-electron chi connectivity index (χ4n) is 3.27. The lowest BCUT2D eigenvalue weighted by Crippen LogP contribution is -2.21. The van der Waals surface area contributed by atoms with Crippen LogP contribution in [-0.2, 0) is 29.6 Å². The Bertz CT molecular complexity index is 1440. The van der Waals surface area contributed by atoms with Crippen molar-refractivity contribution in [2.45, 2.75) is 23.6 Å². The second kappa shape index (κ2) is 12.5. The lowest BCUT2D eigenvalue weighted by atomic mass is 10.2. The molecule has 0 atom stereocenters. The van der Waals surface area contributed by atoms with Crippen LogP contribution < -0.4 is 24.7 Å². The van der Waals surface area contributed by atoms with Gasteiger partial charge in [0.05, 0.1) is 39.9 Å². The number of benzene rings is 3. The quantitative estimate of drug-likeness (QED) is 0.257. The third-order valence-corrected chi connectivity index (χ3v) is 7.70. The SMILES string of the molecule is CCOc1ccc(S(=O)(=O)Nc2cc(NS(=O)(=O)c3ccc(OCC)cc3)cc(C(=O)OCC(N)=O)c2)cc1. The van der Waals surface area contributed by atoms with Crippen LogP contribution in [0.1, 0.15) is 24.2 Å². The first-order chi connectivity index (χ1) is 18.4. The molecule has 0 aromatic heterocycles. The molecule has 0 spiro atoms. The summed E-state index contributed by atoms with van der Waals surface area (Å²) in [5.41, 5.74) is 4.47. The smallest absolute Gasteiger partial charge is 0.338 e. The number of hydrogen-bond donors (Lipinski definition) is 3. The van der Waals surface area contributed by atoms with Gasteiger partial charge in [0, 0.05) is 0 Å². The maximum atomic E-state index is 13.0. The minimum absolute atomic E-state index is 0.107. The van der Waals surface area contributed by atoms with Gasteiger partial charge in [-0.25, -0.2) is 21.6 Å². The van der Waals surface area contributed by atoms with Crippen LogP contribution >= 0.6 is 0 Å². The number of amides is 1. The topological polar surface area (TPSA) is 180 Å². The van der Waals surface area contributed by atoms with E-state index in [2.05, 4.69) is 9.44 Å². The van der Waals surface area contributed by atoms with Gasteiger partial charge in [-0.15, -0.1) is 0 Å². The van der Waals surface area contributed by atoms with Gasteiger partial charge in [0.1, 0.15) is 11.5 Å². The molecule has 0 fully saturated rings. The van der Waals surface area contributed by atoms with Crippen LogP contribution in [0.4, 0.5) is 11.4 Å². The summed E-state index contributed by atoms with van der Waals surface area (Å²) >= 11 is 0. The van der Waals surface area contributed by atoms with Crippen molar-refractivity contribution >= 4 is 43.3 Å². The zero-order chi connectivity index (χ0) is 28.6. The minimum atomic E-state index is -4.16. The molecule has 39 heavy (non-hydrogen) atoms. The monoisotopic (exact) mass is 577 g/mol. The van der Waals surface area contributed by atoms with E-state index in [1.54, 1.807) is 13.8 Å². The van der Waals surface area contributed by atoms with Crippen molar-refractivity contribution in [2.24, 2.45) is 5.73 Å². The average molecular weight is 578 g/mol. The molecule has 4 N–H and O–H groups in total. The van der Waals surface area contributed by atoms with Crippen molar-refractivity contribution in [1.29, 1.82) is 0 Å². The fourth-order valence-corrected chi connectivity index (χ4v) is 5.36. The number of anilines is 2. The third kappa shape index (κ3) is 8.09. The van der Waals surface area contributed by atoms with E-state index in [0.717, 1.165) is 12.1 Å². The van der Waals surface area contributed by atoms with Gasteiger partial charge < -0.3 is 19.9 Å². The van der Waals surface area contributed by atoms with Gasteiger partial charge in [-0.05, 0) is 80.6 Å². The van der Waals surface area contributed by atoms with Crippen LogP contribution in [0.3, 0.4) is 0 Å². The number of nitrogens with two attached hydrogens (primary N) is 1. The number of rotatable bonds is 13. The van der Waals surface area contributed by atoms with Crippen LogP contribution in [0.15, 0.2) is 76.5 Å². The second-order valence-electron chi connectivity index (χ2n) is 7.86. The van der Waals surface area contributed by atoms with Crippen LogP contribution in [0.2, 0.25) is 0 Å². The van der Waals surface area contributed by atoms with Crippen molar-refractivity contribution in [1.82, 2.24) is 0 Å². The molecule has 0 saturated carbocycles. The van der Waals surface area contributed by atoms with Gasteiger partial charge in [0.2, 0.25) is 0 Å². The molecule has 0 bridgehead atoms. The van der Waals surface area contributed by atoms with E-state index < -0.39 is 38.5 Å². The molecule has 1 amide bonds. The van der Waals surface area contributed by atoms with Crippen LogP contribution in [0, 0.1) is 0 Å². The molecule has 12 nitrogen and oxygen atoms in total. The molecule has 14 heteroatoms. The van der Waals surface area contributed by atoms with Crippen molar-refractivity contribution in [3.05, 3.63) is 72.3 Å². The highest BCUT2D eigenvalue weighted by Gasteiger charge is 2.20. The van der Waals surface area contributed by atoms with E-state index in [4.69, 9.17) is 19.9 Å². The predicted molar refractivity (Wildman–Crippen MR) is 143 cm³/mol. The van der Waals surface area contributed by atoms with Crippen LogP contribution in [0.5, 0.6) is 11.5 Å². The zero-order valence-corrected chi connectivity index (χ0v) is 22.7. The van der Waals surface area contributed by atoms with Crippen molar-refractivity contribution in [3.63, 3.8) is 0 Å². The number of primary amides is 1. The molecule has 0 heterocycles. The van der Waals surface area contributed by atoms with Crippen molar-refractivity contribution < 1.29 is 40.6 Å². The Morgan fingerprint density at radius 3 is 1.49 bits per heavy atom. The molecule has 3 rings (SSSR count). The maximum absolute atomic E-state index is 13.0. The molecule has 0 saturated heterocycles. The van der Waals surface area contributed by atoms with E-state index in [0.29, 0.717) is 24.7 Å². The highest BCUT2D eigenvalue weighted by atomic mass is 32.2. The molecule has 0 aliphatic carbocycles. The predicted octanol–water partition coefficient (Wildman–Crippen LogP) is 2.73. The van der Waals surface area contributed by atoms with Gasteiger partial charge in [-0.3, -0.25) is 14.2 Å². The summed E-state index contributed by atoms with van der Waals surface area (Å²) in [6, 6.07) is 14.7. The highest BCUT2D eigenvalue weighted by molar-refractivity contribution is 7.93. The number of nitrogens with one attached hydrogen (secondary N) is 2. The first-order valence-corrected chi connectivity index (χ1v) is 14.5. The normalized spacial score (nSPS) is 11.3. The molecule has 0 unspecified atom stereocenters. The Balaban J connectivity index is 1.95. The number of carbonyl (C=O) groups is 2. The van der Waals surface area contributed by atoms with E-state index >= 15 is 0 Å². The lowest BCUT2D eigenvalue weighted by Gasteiger charge is -2.14. The Kier molecular flexibility index (Phi) is 9.37. The largest absolute Gasteiger partial charge is 0.494 e. The number of hydrogen-bond acceptors (Lipinski definition) is 9. The number of esters is 1. The number of sulfonamides is 2. The van der Waals surface area contributed by atoms with E-state index in [1.807, 2.05) is 0 Å². The van der Waals surface area contributed by atoms with Crippen molar-refractivity contribution in [2.75, 3.05) is 29.3 Å². The van der Waals surface area contributed by atoms with E-state index in [9.17, 15) is 26.4 Å². The standard InChI is InChI=1S/C25H27N3O9S2/c1-3-35-20-5-9-22(10-6-20)38(31,32)27-18-13-17(25(30)37-16-24(26)29)14-19(15-18)28-39(33,34)23-11-7-21(8-12-23)36-4-2/h5-15,27-28H,3-4,16H2,1-2H3,(H2,26,29). The van der Waals surface area contributed by atoms with Crippen LogP contribution in [-0.4, -0.2) is 48.5 Å². The molecule has 0 aliphatic heterocycles. The van der Waals surface area contributed by atoms with E-state index in [-0.39, 0.29) is 26.7 Å². The molecule has 3 aromatic rings. The summed E-state index contributed by atoms with van der Waals surface area (Å²) in [7, 11) is -8.32. The van der Waals surface area contributed by atoms with Gasteiger partial charge in [-0.2, -0.15) is 0 Å². The molecule has 0 aliphatic rings. The second-order valence-corrected chi connectivity index (χ2v) is 11.2. The molecule has 0 radical (unpaired) electrons. The summed E-state index contributed by atoms with van der Waals surface area (Å²) in [5, 5.41) is 0. The molecular weight excluding hydrogens is 550 g/mol. The molecule has 208 valence electrons. The lowest BCUT2D eigenvalue weighted by molar-refractivity contribution is -0.121. The zero-order valence-electron chi connectivity index (χ0n) is 21.0. The Morgan fingerprint density at radius 1 is 0.718 bits per heavy atom. The van der Waals surface area contributed by atoms with Gasteiger partial charge >= 0.3 is 5.97 Å².